The molecule has 2 N–H and O–H groups in total. The van der Waals surface area contributed by atoms with Gasteiger partial charge < -0.3 is 14.8 Å². The van der Waals surface area contributed by atoms with E-state index in [0.717, 1.165) is 4.70 Å². The second-order valence-corrected chi connectivity index (χ2v) is 5.72. The van der Waals surface area contributed by atoms with Crippen LogP contribution in [0, 0.1) is 5.82 Å². The second-order valence-electron chi connectivity index (χ2n) is 4.73. The first-order valence-electron chi connectivity index (χ1n) is 6.96. The van der Waals surface area contributed by atoms with Crippen molar-refractivity contribution in [3.63, 3.8) is 0 Å². The van der Waals surface area contributed by atoms with Crippen LogP contribution >= 0.6 is 11.3 Å². The number of carbonyl (C=O) groups is 1. The van der Waals surface area contributed by atoms with Crippen LogP contribution in [0.5, 0.6) is 11.5 Å². The Morgan fingerprint density at radius 3 is 2.50 bits per heavy atom. The zero-order valence-corrected chi connectivity index (χ0v) is 13.7. The van der Waals surface area contributed by atoms with Crippen molar-refractivity contribution < 1.29 is 18.7 Å². The maximum atomic E-state index is 13.6. The molecule has 0 radical (unpaired) electrons. The van der Waals surface area contributed by atoms with Crippen molar-refractivity contribution in [1.29, 1.82) is 0 Å². The minimum Gasteiger partial charge on any atom is -0.495 e. The van der Waals surface area contributed by atoms with Gasteiger partial charge in [0.2, 0.25) is 0 Å². The first-order valence-corrected chi connectivity index (χ1v) is 7.78. The molecule has 3 aromatic rings. The number of para-hydroxylation sites is 1. The zero-order valence-electron chi connectivity index (χ0n) is 12.9. The van der Waals surface area contributed by atoms with Crippen molar-refractivity contribution >= 4 is 38.4 Å². The number of halogens is 1. The molecule has 1 heterocycles. The monoisotopic (exact) mass is 347 g/mol. The third kappa shape index (κ3) is 3.09. The number of ether oxygens (including phenoxy) is 2. The van der Waals surface area contributed by atoms with Crippen LogP contribution in [0.3, 0.4) is 0 Å². The number of amides is 2. The molecule has 2 amide bonds. The summed E-state index contributed by atoms with van der Waals surface area (Å²) < 4.78 is 24.9. The number of fused-ring (bicyclic) bond motifs is 1. The molecule has 0 unspecified atom stereocenters. The van der Waals surface area contributed by atoms with Gasteiger partial charge in [-0.05, 0) is 24.3 Å². The van der Waals surface area contributed by atoms with E-state index < -0.39 is 11.8 Å². The van der Waals surface area contributed by atoms with E-state index in [1.54, 1.807) is 38.5 Å². The average molecular weight is 347 g/mol. The van der Waals surface area contributed by atoms with E-state index in [4.69, 9.17) is 9.47 Å². The van der Waals surface area contributed by atoms with Crippen LogP contribution in [0.25, 0.3) is 10.2 Å². The van der Waals surface area contributed by atoms with Gasteiger partial charge in [0.05, 0.1) is 19.9 Å². The normalized spacial score (nSPS) is 10.5. The molecular weight excluding hydrogens is 333 g/mol. The smallest absolute Gasteiger partial charge is 0.325 e. The predicted octanol–water partition coefficient (Wildman–Crippen LogP) is 4.10. The average Bonchev–Trinajstić information content (AvgIpc) is 2.99. The standard InChI is InChI=1S/C16H14FN3O3S/c1-22-11-7-8-12(23-2)14-13(11)19-16(24-14)20-15(21)18-10-6-4-3-5-9(10)17/h3-8H,1-2H3,(H2,18,19,20,21). The quantitative estimate of drug-likeness (QED) is 0.745. The Labute approximate surface area is 141 Å². The first kappa shape index (κ1) is 16.0. The first-order chi connectivity index (χ1) is 11.6. The summed E-state index contributed by atoms with van der Waals surface area (Å²) in [5, 5.41) is 5.38. The van der Waals surface area contributed by atoms with Crippen LogP contribution < -0.4 is 20.1 Å². The van der Waals surface area contributed by atoms with E-state index in [1.165, 1.54) is 23.5 Å². The molecule has 0 atom stereocenters. The van der Waals surface area contributed by atoms with Crippen molar-refractivity contribution in [2.45, 2.75) is 0 Å². The Morgan fingerprint density at radius 2 is 1.79 bits per heavy atom. The summed E-state index contributed by atoms with van der Waals surface area (Å²) in [6, 6.07) is 8.84. The molecule has 1 aromatic heterocycles. The topological polar surface area (TPSA) is 72.5 Å². The number of hydrogen-bond acceptors (Lipinski definition) is 5. The third-order valence-corrected chi connectivity index (χ3v) is 4.24. The molecule has 0 aliphatic heterocycles. The highest BCUT2D eigenvalue weighted by atomic mass is 32.1. The number of hydrogen-bond donors (Lipinski definition) is 2. The van der Waals surface area contributed by atoms with Crippen molar-refractivity contribution in [3.8, 4) is 11.5 Å². The molecular formula is C16H14FN3O3S. The van der Waals surface area contributed by atoms with Crippen LogP contribution in [-0.4, -0.2) is 25.2 Å². The molecule has 3 rings (SSSR count). The zero-order chi connectivity index (χ0) is 17.1. The van der Waals surface area contributed by atoms with Crippen LogP contribution in [-0.2, 0) is 0 Å². The number of benzene rings is 2. The SMILES string of the molecule is COc1ccc(OC)c2sc(NC(=O)Nc3ccccc3F)nc12. The summed E-state index contributed by atoms with van der Waals surface area (Å²) in [4.78, 5) is 16.4. The maximum Gasteiger partial charge on any atom is 0.325 e. The Morgan fingerprint density at radius 1 is 1.08 bits per heavy atom. The number of aromatic nitrogens is 1. The van der Waals surface area contributed by atoms with Gasteiger partial charge in [0.15, 0.2) is 5.13 Å². The lowest BCUT2D eigenvalue weighted by Crippen LogP contribution is -2.19. The van der Waals surface area contributed by atoms with Crippen molar-refractivity contribution in [2.75, 3.05) is 24.9 Å². The lowest BCUT2D eigenvalue weighted by atomic mass is 10.3. The van der Waals surface area contributed by atoms with Crippen LogP contribution in [0.1, 0.15) is 0 Å². The largest absolute Gasteiger partial charge is 0.495 e. The van der Waals surface area contributed by atoms with Crippen LogP contribution in [0.2, 0.25) is 0 Å². The van der Waals surface area contributed by atoms with E-state index in [0.29, 0.717) is 22.1 Å². The molecule has 0 aliphatic rings. The molecule has 0 saturated heterocycles. The number of nitrogens with zero attached hydrogens (tertiary/aromatic N) is 1. The number of thiazole rings is 1. The van der Waals surface area contributed by atoms with Gasteiger partial charge in [-0.15, -0.1) is 0 Å². The molecule has 24 heavy (non-hydrogen) atoms. The Kier molecular flexibility index (Phi) is 4.48. The highest BCUT2D eigenvalue weighted by Gasteiger charge is 2.15. The van der Waals surface area contributed by atoms with Gasteiger partial charge in [-0.2, -0.15) is 0 Å². The molecule has 6 nitrogen and oxygen atoms in total. The number of methoxy groups -OCH3 is 2. The molecule has 8 heteroatoms. The van der Waals surface area contributed by atoms with E-state index >= 15 is 0 Å². The number of anilines is 2. The number of urea groups is 1. The van der Waals surface area contributed by atoms with Gasteiger partial charge >= 0.3 is 6.03 Å². The van der Waals surface area contributed by atoms with Gasteiger partial charge in [0.1, 0.15) is 27.5 Å². The highest BCUT2D eigenvalue weighted by molar-refractivity contribution is 7.22. The lowest BCUT2D eigenvalue weighted by molar-refractivity contribution is 0.262. The molecule has 0 fully saturated rings. The molecule has 2 aromatic carbocycles. The summed E-state index contributed by atoms with van der Waals surface area (Å²) in [5.74, 6) is 0.691. The summed E-state index contributed by atoms with van der Waals surface area (Å²) >= 11 is 1.24. The third-order valence-electron chi connectivity index (χ3n) is 3.25. The van der Waals surface area contributed by atoms with Crippen molar-refractivity contribution in [1.82, 2.24) is 4.98 Å². The molecule has 0 saturated carbocycles. The predicted molar refractivity (Wildman–Crippen MR) is 91.8 cm³/mol. The van der Waals surface area contributed by atoms with Crippen molar-refractivity contribution in [2.24, 2.45) is 0 Å². The van der Waals surface area contributed by atoms with Gasteiger partial charge in [0, 0.05) is 0 Å². The van der Waals surface area contributed by atoms with Gasteiger partial charge in [-0.1, -0.05) is 23.5 Å². The highest BCUT2D eigenvalue weighted by Crippen LogP contribution is 2.38. The van der Waals surface area contributed by atoms with Gasteiger partial charge in [-0.25, -0.2) is 14.2 Å². The summed E-state index contributed by atoms with van der Waals surface area (Å²) in [6.07, 6.45) is 0. The second kappa shape index (κ2) is 6.71. The van der Waals surface area contributed by atoms with E-state index in [-0.39, 0.29) is 5.69 Å². The van der Waals surface area contributed by atoms with Crippen LogP contribution in [0.15, 0.2) is 36.4 Å². The number of nitrogens with one attached hydrogen (secondary N) is 2. The van der Waals surface area contributed by atoms with Crippen molar-refractivity contribution in [3.05, 3.63) is 42.2 Å². The number of rotatable bonds is 4. The molecule has 0 aliphatic carbocycles. The lowest BCUT2D eigenvalue weighted by Gasteiger charge is -2.05. The fourth-order valence-electron chi connectivity index (χ4n) is 2.15. The minimum absolute atomic E-state index is 0.0891. The molecule has 0 spiro atoms. The fourth-order valence-corrected chi connectivity index (χ4v) is 3.12. The van der Waals surface area contributed by atoms with E-state index in [2.05, 4.69) is 15.6 Å². The Bertz CT molecular complexity index is 856. The Hall–Kier alpha value is -2.87. The fraction of sp³-hybridized carbons (Fsp3) is 0.125. The summed E-state index contributed by atoms with van der Waals surface area (Å²) in [7, 11) is 3.09. The molecule has 124 valence electrons. The minimum atomic E-state index is -0.586. The van der Waals surface area contributed by atoms with Gasteiger partial charge in [0.25, 0.3) is 0 Å². The van der Waals surface area contributed by atoms with Crippen LogP contribution in [0.4, 0.5) is 20.0 Å². The van der Waals surface area contributed by atoms with E-state index in [9.17, 15) is 9.18 Å². The Balaban J connectivity index is 1.85. The molecule has 0 bridgehead atoms. The van der Waals surface area contributed by atoms with Gasteiger partial charge in [-0.3, -0.25) is 5.32 Å². The summed E-state index contributed by atoms with van der Waals surface area (Å²) in [5.41, 5.74) is 0.675. The maximum absolute atomic E-state index is 13.6. The van der Waals surface area contributed by atoms with E-state index in [1.807, 2.05) is 0 Å². The summed E-state index contributed by atoms with van der Waals surface area (Å²) in [6.45, 7) is 0. The number of carbonyl (C=O) groups excluding carboxylic acids is 1.